The lowest BCUT2D eigenvalue weighted by Gasteiger charge is -2.27. The van der Waals surface area contributed by atoms with Gasteiger partial charge in [-0.25, -0.2) is 0 Å². The zero-order valence-corrected chi connectivity index (χ0v) is 14.3. The Kier molecular flexibility index (Phi) is 4.47. The molecule has 0 spiro atoms. The van der Waals surface area contributed by atoms with Crippen molar-refractivity contribution in [1.82, 2.24) is 14.7 Å². The van der Waals surface area contributed by atoms with Crippen molar-refractivity contribution >= 4 is 17.5 Å². The Morgan fingerprint density at radius 2 is 2.04 bits per heavy atom. The van der Waals surface area contributed by atoms with Crippen LogP contribution in [-0.2, 0) is 20.9 Å². The summed E-state index contributed by atoms with van der Waals surface area (Å²) in [6, 6.07) is -0.0308. The van der Waals surface area contributed by atoms with Gasteiger partial charge in [0.1, 0.15) is 6.54 Å². The summed E-state index contributed by atoms with van der Waals surface area (Å²) in [4.78, 5) is 26.6. The van der Waals surface area contributed by atoms with E-state index in [-0.39, 0.29) is 30.3 Å². The first-order valence-electron chi connectivity index (χ1n) is 9.06. The number of anilines is 1. The molecule has 3 aliphatic rings. The van der Waals surface area contributed by atoms with Gasteiger partial charge < -0.3 is 20.7 Å². The fraction of sp³-hybridized carbons (Fsp3) is 0.706. The lowest BCUT2D eigenvalue weighted by atomic mass is 9.84. The van der Waals surface area contributed by atoms with Gasteiger partial charge in [0.25, 0.3) is 0 Å². The van der Waals surface area contributed by atoms with Crippen molar-refractivity contribution in [2.75, 3.05) is 31.6 Å². The smallest absolute Gasteiger partial charge is 0.244 e. The number of carbonyl (C=O) groups is 2. The number of aromatic nitrogens is 2. The molecule has 8 nitrogen and oxygen atoms in total. The van der Waals surface area contributed by atoms with Gasteiger partial charge in [0.05, 0.1) is 31.0 Å². The summed E-state index contributed by atoms with van der Waals surface area (Å²) in [5, 5.41) is 7.11. The quantitative estimate of drug-likeness (QED) is 0.801. The first-order valence-corrected chi connectivity index (χ1v) is 9.06. The summed E-state index contributed by atoms with van der Waals surface area (Å²) >= 11 is 0. The Morgan fingerprint density at radius 3 is 2.76 bits per heavy atom. The summed E-state index contributed by atoms with van der Waals surface area (Å²) in [5.74, 6) is 0.808. The number of nitrogens with two attached hydrogens (primary N) is 1. The van der Waals surface area contributed by atoms with Gasteiger partial charge in [-0.1, -0.05) is 0 Å². The molecule has 4 atom stereocenters. The van der Waals surface area contributed by atoms with Crippen LogP contribution in [-0.4, -0.2) is 58.8 Å². The number of ether oxygens (including phenoxy) is 1. The molecule has 0 radical (unpaired) electrons. The minimum Gasteiger partial charge on any atom is -0.378 e. The lowest BCUT2D eigenvalue weighted by Crippen LogP contribution is -2.42. The normalized spacial score (nSPS) is 31.3. The Labute approximate surface area is 146 Å². The summed E-state index contributed by atoms with van der Waals surface area (Å²) < 4.78 is 6.82. The molecule has 4 unspecified atom stereocenters. The molecule has 2 bridgehead atoms. The number of morpholine rings is 1. The van der Waals surface area contributed by atoms with Gasteiger partial charge in [-0.05, 0) is 31.1 Å². The minimum atomic E-state index is -0.0999. The molecule has 2 aliphatic carbocycles. The van der Waals surface area contributed by atoms with Crippen LogP contribution >= 0.6 is 0 Å². The van der Waals surface area contributed by atoms with E-state index in [1.165, 1.54) is 0 Å². The average Bonchev–Trinajstić information content (AvgIpc) is 3.32. The molecule has 3 fully saturated rings. The third-order valence-corrected chi connectivity index (χ3v) is 5.85. The molecule has 1 saturated heterocycles. The van der Waals surface area contributed by atoms with Gasteiger partial charge in [-0.3, -0.25) is 14.3 Å². The van der Waals surface area contributed by atoms with Crippen molar-refractivity contribution in [2.24, 2.45) is 23.5 Å². The summed E-state index contributed by atoms with van der Waals surface area (Å²) in [6.07, 6.45) is 6.62. The van der Waals surface area contributed by atoms with Crippen LogP contribution in [0.4, 0.5) is 5.69 Å². The highest BCUT2D eigenvalue weighted by atomic mass is 16.5. The fourth-order valence-electron chi connectivity index (χ4n) is 4.52. The molecule has 136 valence electrons. The van der Waals surface area contributed by atoms with Crippen molar-refractivity contribution in [2.45, 2.75) is 31.8 Å². The molecule has 4 rings (SSSR count). The van der Waals surface area contributed by atoms with Gasteiger partial charge >= 0.3 is 0 Å². The molecule has 3 N–H and O–H groups in total. The van der Waals surface area contributed by atoms with Crippen molar-refractivity contribution in [3.05, 3.63) is 12.4 Å². The minimum absolute atomic E-state index is 0.0133. The van der Waals surface area contributed by atoms with E-state index in [1.54, 1.807) is 22.0 Å². The predicted molar refractivity (Wildman–Crippen MR) is 90.6 cm³/mol. The van der Waals surface area contributed by atoms with Crippen molar-refractivity contribution in [1.29, 1.82) is 0 Å². The van der Waals surface area contributed by atoms with E-state index in [1.807, 2.05) is 0 Å². The largest absolute Gasteiger partial charge is 0.378 e. The molecular formula is C17H25N5O3. The highest BCUT2D eigenvalue weighted by molar-refractivity contribution is 5.93. The highest BCUT2D eigenvalue weighted by Gasteiger charge is 2.49. The van der Waals surface area contributed by atoms with Crippen LogP contribution in [0.5, 0.6) is 0 Å². The van der Waals surface area contributed by atoms with E-state index in [9.17, 15) is 9.59 Å². The molecule has 25 heavy (non-hydrogen) atoms. The van der Waals surface area contributed by atoms with Crippen molar-refractivity contribution in [3.8, 4) is 0 Å². The monoisotopic (exact) mass is 347 g/mol. The number of carbonyl (C=O) groups excluding carboxylic acids is 2. The predicted octanol–water partition coefficient (Wildman–Crippen LogP) is 0.0538. The maximum atomic E-state index is 12.6. The Morgan fingerprint density at radius 1 is 1.28 bits per heavy atom. The number of nitrogens with zero attached hydrogens (tertiary/aromatic N) is 3. The summed E-state index contributed by atoms with van der Waals surface area (Å²) in [7, 11) is 0. The van der Waals surface area contributed by atoms with Crippen molar-refractivity contribution in [3.63, 3.8) is 0 Å². The number of rotatable bonds is 4. The first-order chi connectivity index (χ1) is 12.1. The molecule has 1 aliphatic heterocycles. The number of nitrogens with one attached hydrogen (secondary N) is 1. The second-order valence-corrected chi connectivity index (χ2v) is 7.35. The van der Waals surface area contributed by atoms with Crippen LogP contribution in [0.25, 0.3) is 0 Å². The molecule has 1 aromatic heterocycles. The Bertz CT molecular complexity index is 652. The van der Waals surface area contributed by atoms with Crippen LogP contribution < -0.4 is 11.1 Å². The SMILES string of the molecule is NC1C2CCC(C2)C1C(=O)Nc1cnn(CC(=O)N2CCOCC2)c1. The average molecular weight is 347 g/mol. The van der Waals surface area contributed by atoms with Gasteiger partial charge in [-0.2, -0.15) is 5.10 Å². The Hall–Kier alpha value is -1.93. The van der Waals surface area contributed by atoms with Gasteiger partial charge in [0.2, 0.25) is 11.8 Å². The fourth-order valence-corrected chi connectivity index (χ4v) is 4.52. The van der Waals surface area contributed by atoms with Crippen molar-refractivity contribution < 1.29 is 14.3 Å². The van der Waals surface area contributed by atoms with Crippen LogP contribution in [0.3, 0.4) is 0 Å². The number of hydrogen-bond acceptors (Lipinski definition) is 5. The second kappa shape index (κ2) is 6.76. The molecule has 2 heterocycles. The lowest BCUT2D eigenvalue weighted by molar-refractivity contribution is -0.136. The molecule has 2 amide bonds. The Balaban J connectivity index is 1.33. The molecule has 0 aromatic carbocycles. The van der Waals surface area contributed by atoms with Crippen LogP contribution in [0, 0.1) is 17.8 Å². The van der Waals surface area contributed by atoms with E-state index in [2.05, 4.69) is 10.4 Å². The van der Waals surface area contributed by atoms with Crippen LogP contribution in [0.1, 0.15) is 19.3 Å². The number of fused-ring (bicyclic) bond motifs is 2. The van der Waals surface area contributed by atoms with E-state index in [0.29, 0.717) is 43.8 Å². The third-order valence-electron chi connectivity index (χ3n) is 5.85. The van der Waals surface area contributed by atoms with E-state index >= 15 is 0 Å². The number of amides is 2. The van der Waals surface area contributed by atoms with E-state index < -0.39 is 0 Å². The highest BCUT2D eigenvalue weighted by Crippen LogP contribution is 2.47. The molecule has 8 heteroatoms. The summed E-state index contributed by atoms with van der Waals surface area (Å²) in [5.41, 5.74) is 6.85. The second-order valence-electron chi connectivity index (χ2n) is 7.35. The zero-order chi connectivity index (χ0) is 17.4. The van der Waals surface area contributed by atoms with Gasteiger partial charge in [0.15, 0.2) is 0 Å². The maximum absolute atomic E-state index is 12.6. The molecule has 1 aromatic rings. The topological polar surface area (TPSA) is 102 Å². The number of hydrogen-bond donors (Lipinski definition) is 2. The molecule has 2 saturated carbocycles. The van der Waals surface area contributed by atoms with E-state index in [0.717, 1.165) is 19.3 Å². The maximum Gasteiger partial charge on any atom is 0.244 e. The third kappa shape index (κ3) is 3.28. The van der Waals surface area contributed by atoms with Gasteiger partial charge in [-0.15, -0.1) is 0 Å². The van der Waals surface area contributed by atoms with E-state index in [4.69, 9.17) is 10.5 Å². The summed E-state index contributed by atoms with van der Waals surface area (Å²) in [6.45, 7) is 2.56. The standard InChI is InChI=1S/C17H25N5O3/c18-16-12-2-1-11(7-12)15(16)17(24)20-13-8-19-22(9-13)10-14(23)21-3-5-25-6-4-21/h8-9,11-12,15-16H,1-7,10,18H2,(H,20,24). The first kappa shape index (κ1) is 16.5. The molecular weight excluding hydrogens is 322 g/mol. The zero-order valence-electron chi connectivity index (χ0n) is 14.3. The van der Waals surface area contributed by atoms with Crippen LogP contribution in [0.15, 0.2) is 12.4 Å². The van der Waals surface area contributed by atoms with Crippen LogP contribution in [0.2, 0.25) is 0 Å². The van der Waals surface area contributed by atoms with Gasteiger partial charge in [0, 0.05) is 25.3 Å².